The van der Waals surface area contributed by atoms with Crippen molar-refractivity contribution >= 4 is 28.5 Å². The Labute approximate surface area is 183 Å². The van der Waals surface area contributed by atoms with Crippen LogP contribution < -0.4 is 10.2 Å². The van der Waals surface area contributed by atoms with Crippen LogP contribution in [0.2, 0.25) is 5.02 Å². The summed E-state index contributed by atoms with van der Waals surface area (Å²) < 4.78 is 21.4. The van der Waals surface area contributed by atoms with Gasteiger partial charge in [0, 0.05) is 34.7 Å². The first-order chi connectivity index (χ1) is 14.7. The summed E-state index contributed by atoms with van der Waals surface area (Å²) in [5.74, 6) is -1.51. The summed E-state index contributed by atoms with van der Waals surface area (Å²) in [5, 5.41) is 19.8. The zero-order valence-corrected chi connectivity index (χ0v) is 18.1. The van der Waals surface area contributed by atoms with Gasteiger partial charge in [-0.25, -0.2) is 9.18 Å². The normalized spacial score (nSPS) is 12.4. The Kier molecular flexibility index (Phi) is 6.67. The molecule has 1 unspecified atom stereocenters. The number of aromatic carboxylic acids is 1. The Morgan fingerprint density at radius 1 is 1.29 bits per heavy atom. The molecule has 1 heterocycles. The molecule has 3 aromatic rings. The van der Waals surface area contributed by atoms with Gasteiger partial charge in [0.1, 0.15) is 17.1 Å². The Morgan fingerprint density at radius 2 is 2.00 bits per heavy atom. The van der Waals surface area contributed by atoms with Crippen molar-refractivity contribution in [3.05, 3.63) is 74.3 Å². The van der Waals surface area contributed by atoms with E-state index in [0.717, 1.165) is 0 Å². The molecule has 1 aromatic heterocycles. The molecule has 164 valence electrons. The van der Waals surface area contributed by atoms with E-state index >= 15 is 0 Å². The summed E-state index contributed by atoms with van der Waals surface area (Å²) in [6.45, 7) is 3.53. The third-order valence-corrected chi connectivity index (χ3v) is 5.76. The Morgan fingerprint density at radius 3 is 2.55 bits per heavy atom. The van der Waals surface area contributed by atoms with Gasteiger partial charge in [-0.15, -0.1) is 0 Å². The van der Waals surface area contributed by atoms with Crippen LogP contribution in [0.3, 0.4) is 0 Å². The van der Waals surface area contributed by atoms with Crippen LogP contribution >= 0.6 is 11.6 Å². The summed E-state index contributed by atoms with van der Waals surface area (Å²) in [4.78, 5) is 24.7. The van der Waals surface area contributed by atoms with Crippen LogP contribution in [-0.2, 0) is 6.42 Å². The van der Waals surface area contributed by atoms with E-state index in [2.05, 4.69) is 0 Å². The van der Waals surface area contributed by atoms with Crippen molar-refractivity contribution < 1.29 is 24.1 Å². The van der Waals surface area contributed by atoms with E-state index in [-0.39, 0.29) is 34.9 Å². The van der Waals surface area contributed by atoms with Crippen LogP contribution in [0.25, 0.3) is 10.9 Å². The van der Waals surface area contributed by atoms with Crippen molar-refractivity contribution in [1.29, 1.82) is 0 Å². The van der Waals surface area contributed by atoms with Crippen LogP contribution in [-0.4, -0.2) is 34.5 Å². The van der Waals surface area contributed by atoms with Crippen LogP contribution in [0, 0.1) is 11.7 Å². The van der Waals surface area contributed by atoms with Crippen LogP contribution in [0.1, 0.15) is 41.4 Å². The number of hydrogen-bond acceptors (Lipinski definition) is 4. The van der Waals surface area contributed by atoms with Crippen molar-refractivity contribution in [2.45, 2.75) is 26.3 Å². The number of rotatable bonds is 7. The largest absolute Gasteiger partial charge is 0.496 e. The quantitative estimate of drug-likeness (QED) is 0.564. The number of ether oxygens (including phenoxy) is 1. The maximum Gasteiger partial charge on any atom is 0.341 e. The number of nitrogens with zero attached hydrogens (tertiary/aromatic N) is 1. The lowest BCUT2D eigenvalue weighted by atomic mass is 9.98. The first-order valence-corrected chi connectivity index (χ1v) is 10.1. The number of aliphatic hydroxyl groups excluding tert-OH is 1. The Bertz CT molecular complexity index is 1180. The van der Waals surface area contributed by atoms with Gasteiger partial charge < -0.3 is 19.5 Å². The number of carboxylic acids is 1. The number of carboxylic acid groups (broad SMARTS) is 1. The van der Waals surface area contributed by atoms with Crippen molar-refractivity contribution in [1.82, 2.24) is 4.57 Å². The van der Waals surface area contributed by atoms with Gasteiger partial charge in [-0.2, -0.15) is 0 Å². The molecule has 2 aromatic carbocycles. The molecular formula is C23H23ClFNO5. The van der Waals surface area contributed by atoms with Gasteiger partial charge in [-0.1, -0.05) is 31.5 Å². The molecule has 3 rings (SSSR count). The minimum Gasteiger partial charge on any atom is -0.496 e. The molecule has 31 heavy (non-hydrogen) atoms. The van der Waals surface area contributed by atoms with Crippen molar-refractivity contribution in [2.75, 3.05) is 13.7 Å². The van der Waals surface area contributed by atoms with E-state index in [1.54, 1.807) is 16.7 Å². The van der Waals surface area contributed by atoms with E-state index in [9.17, 15) is 24.2 Å². The van der Waals surface area contributed by atoms with Crippen molar-refractivity contribution in [3.63, 3.8) is 0 Å². The highest BCUT2D eigenvalue weighted by Crippen LogP contribution is 2.32. The second-order valence-corrected chi connectivity index (χ2v) is 8.04. The fraction of sp³-hybridized carbons (Fsp3) is 0.304. The van der Waals surface area contributed by atoms with Gasteiger partial charge in [-0.3, -0.25) is 4.79 Å². The van der Waals surface area contributed by atoms with Crippen LogP contribution in [0.4, 0.5) is 4.39 Å². The van der Waals surface area contributed by atoms with Crippen molar-refractivity contribution in [3.8, 4) is 5.75 Å². The van der Waals surface area contributed by atoms with E-state index in [1.807, 2.05) is 13.8 Å². The fourth-order valence-electron chi connectivity index (χ4n) is 3.69. The number of carbonyl (C=O) groups is 1. The molecule has 6 nitrogen and oxygen atoms in total. The molecule has 0 aliphatic heterocycles. The lowest BCUT2D eigenvalue weighted by Gasteiger charge is -2.25. The standard InChI is InChI=1S/C23H23ClFNO5/c1-12(2)20(11-27)26-10-16(23(29)30)22(28)15-8-13(21(31-3)9-19(15)26)7-14-17(24)5-4-6-18(14)25/h4-6,8-10,12,20,27H,7,11H2,1-3H3,(H,29,30). The van der Waals surface area contributed by atoms with E-state index in [0.29, 0.717) is 16.8 Å². The summed E-state index contributed by atoms with van der Waals surface area (Å²) in [5.41, 5.74) is 0.0718. The maximum atomic E-state index is 14.3. The number of aromatic nitrogens is 1. The molecule has 2 N–H and O–H groups in total. The number of methoxy groups -OCH3 is 1. The van der Waals surface area contributed by atoms with Crippen LogP contribution in [0.15, 0.2) is 41.3 Å². The van der Waals surface area contributed by atoms with E-state index in [4.69, 9.17) is 16.3 Å². The highest BCUT2D eigenvalue weighted by molar-refractivity contribution is 6.31. The van der Waals surface area contributed by atoms with Crippen LogP contribution in [0.5, 0.6) is 5.75 Å². The number of fused-ring (bicyclic) bond motifs is 1. The van der Waals surface area contributed by atoms with Gasteiger partial charge in [0.05, 0.1) is 25.3 Å². The predicted octanol–water partition coefficient (Wildman–Crippen LogP) is 4.28. The number of pyridine rings is 1. The van der Waals surface area contributed by atoms with Gasteiger partial charge >= 0.3 is 5.97 Å². The summed E-state index contributed by atoms with van der Waals surface area (Å²) in [6, 6.07) is 7.01. The molecule has 0 saturated heterocycles. The predicted molar refractivity (Wildman–Crippen MR) is 117 cm³/mol. The molecule has 0 radical (unpaired) electrons. The Hall–Kier alpha value is -2.90. The van der Waals surface area contributed by atoms with Gasteiger partial charge in [0.25, 0.3) is 0 Å². The summed E-state index contributed by atoms with van der Waals surface area (Å²) in [7, 11) is 1.45. The average Bonchev–Trinajstić information content (AvgIpc) is 2.72. The zero-order chi connectivity index (χ0) is 22.9. The molecule has 8 heteroatoms. The monoisotopic (exact) mass is 447 g/mol. The first kappa shape index (κ1) is 22.8. The maximum absolute atomic E-state index is 14.3. The molecule has 0 fully saturated rings. The third-order valence-electron chi connectivity index (χ3n) is 5.41. The molecule has 0 aliphatic carbocycles. The zero-order valence-electron chi connectivity index (χ0n) is 17.4. The number of halogens is 2. The Balaban J connectivity index is 2.34. The lowest BCUT2D eigenvalue weighted by molar-refractivity contribution is 0.0694. The van der Waals surface area contributed by atoms with Gasteiger partial charge in [-0.05, 0) is 29.7 Å². The third kappa shape index (κ3) is 4.29. The van der Waals surface area contributed by atoms with E-state index in [1.165, 1.54) is 31.5 Å². The molecule has 0 saturated carbocycles. The summed E-state index contributed by atoms with van der Waals surface area (Å²) in [6.07, 6.45) is 1.30. The summed E-state index contributed by atoms with van der Waals surface area (Å²) >= 11 is 6.16. The average molecular weight is 448 g/mol. The number of benzene rings is 2. The van der Waals surface area contributed by atoms with Crippen molar-refractivity contribution in [2.24, 2.45) is 5.92 Å². The van der Waals surface area contributed by atoms with Gasteiger partial charge in [0.15, 0.2) is 0 Å². The second kappa shape index (κ2) is 9.08. The molecule has 0 spiro atoms. The molecule has 0 bridgehead atoms. The SMILES string of the molecule is COc1cc2c(cc1Cc1c(F)cccc1Cl)c(=O)c(C(=O)O)cn2C(CO)C(C)C. The first-order valence-electron chi connectivity index (χ1n) is 9.72. The molecule has 0 aliphatic rings. The highest BCUT2D eigenvalue weighted by atomic mass is 35.5. The second-order valence-electron chi connectivity index (χ2n) is 7.64. The fourth-order valence-corrected chi connectivity index (χ4v) is 3.92. The smallest absolute Gasteiger partial charge is 0.341 e. The van der Waals surface area contributed by atoms with Gasteiger partial charge in [0.2, 0.25) is 5.43 Å². The van der Waals surface area contributed by atoms with E-state index < -0.39 is 28.8 Å². The minimum atomic E-state index is -1.37. The minimum absolute atomic E-state index is 0.0414. The topological polar surface area (TPSA) is 88.8 Å². The molecular weight excluding hydrogens is 425 g/mol. The number of hydrogen-bond donors (Lipinski definition) is 2. The molecule has 1 atom stereocenters. The lowest BCUT2D eigenvalue weighted by Crippen LogP contribution is -2.25. The highest BCUT2D eigenvalue weighted by Gasteiger charge is 2.23. The number of aliphatic hydroxyl groups is 1. The molecule has 0 amide bonds.